The molecule has 0 aliphatic carbocycles. The van der Waals surface area contributed by atoms with Gasteiger partial charge in [-0.15, -0.1) is 0 Å². The molecule has 0 spiro atoms. The van der Waals surface area contributed by atoms with Gasteiger partial charge in [0.2, 0.25) is 0 Å². The Labute approximate surface area is 93.3 Å². The van der Waals surface area contributed by atoms with Gasteiger partial charge in [-0.25, -0.2) is 4.39 Å². The first-order valence-corrected chi connectivity index (χ1v) is 4.80. The number of rotatable bonds is 2. The minimum absolute atomic E-state index is 0.0507. The lowest BCUT2D eigenvalue weighted by Gasteiger charge is -2.00. The predicted molar refractivity (Wildman–Crippen MR) is 58.4 cm³/mol. The normalized spacial score (nSPS) is 9.19. The van der Waals surface area contributed by atoms with E-state index in [0.717, 1.165) is 6.07 Å². The van der Waals surface area contributed by atoms with Gasteiger partial charge in [-0.05, 0) is 18.2 Å². The van der Waals surface area contributed by atoms with Gasteiger partial charge in [0.05, 0.1) is 12.2 Å². The average Bonchev–Trinajstić information content (AvgIpc) is 2.30. The van der Waals surface area contributed by atoms with E-state index < -0.39 is 5.82 Å². The Balaban J connectivity index is 2.93. The summed E-state index contributed by atoms with van der Waals surface area (Å²) in [5.41, 5.74) is 0.480. The van der Waals surface area contributed by atoms with Crippen molar-refractivity contribution in [2.75, 3.05) is 13.7 Å². The molecule has 16 heavy (non-hydrogen) atoms. The monoisotopic (exact) mass is 221 g/mol. The number of carbonyl (C=O) groups excluding carboxylic acids is 1. The fraction of sp³-hybridized carbons (Fsp3) is 0.250. The zero-order valence-corrected chi connectivity index (χ0v) is 8.88. The summed E-state index contributed by atoms with van der Waals surface area (Å²) >= 11 is 0. The van der Waals surface area contributed by atoms with E-state index >= 15 is 0 Å². The molecule has 4 heteroatoms. The molecule has 1 rings (SSSR count). The number of amides is 1. The molecule has 0 atom stereocenters. The predicted octanol–water partition coefficient (Wildman–Crippen LogP) is 0.919. The standard InChI is InChI=1S/C12H12FNO2/c1-14-12(16)10-6-5-9(11(13)8-10)4-2-3-7-15/h5-6,8,15H,3,7H2,1H3,(H,14,16). The second kappa shape index (κ2) is 5.89. The molecule has 0 bridgehead atoms. The van der Waals surface area contributed by atoms with Crippen molar-refractivity contribution >= 4 is 5.91 Å². The minimum atomic E-state index is -0.536. The second-order valence-corrected chi connectivity index (χ2v) is 3.05. The van der Waals surface area contributed by atoms with Crippen LogP contribution in [0.1, 0.15) is 22.3 Å². The van der Waals surface area contributed by atoms with Crippen LogP contribution in [0.25, 0.3) is 0 Å². The van der Waals surface area contributed by atoms with Crippen LogP contribution in [0.2, 0.25) is 0 Å². The largest absolute Gasteiger partial charge is 0.395 e. The fourth-order valence-corrected chi connectivity index (χ4v) is 1.12. The van der Waals surface area contributed by atoms with E-state index in [1.165, 1.54) is 19.2 Å². The molecule has 0 radical (unpaired) electrons. The lowest BCUT2D eigenvalue weighted by atomic mass is 10.1. The molecule has 2 N–H and O–H groups in total. The van der Waals surface area contributed by atoms with Gasteiger partial charge in [-0.1, -0.05) is 11.8 Å². The minimum Gasteiger partial charge on any atom is -0.395 e. The van der Waals surface area contributed by atoms with E-state index in [4.69, 9.17) is 5.11 Å². The van der Waals surface area contributed by atoms with Crippen LogP contribution in [-0.2, 0) is 0 Å². The number of hydrogen-bond acceptors (Lipinski definition) is 2. The number of carbonyl (C=O) groups is 1. The molecule has 1 amide bonds. The Kier molecular flexibility index (Phi) is 4.49. The van der Waals surface area contributed by atoms with E-state index in [1.807, 2.05) is 0 Å². The van der Waals surface area contributed by atoms with Gasteiger partial charge in [0.25, 0.3) is 5.91 Å². The maximum atomic E-state index is 13.4. The smallest absolute Gasteiger partial charge is 0.251 e. The molecule has 0 saturated heterocycles. The van der Waals surface area contributed by atoms with Gasteiger partial charge in [-0.2, -0.15) is 0 Å². The van der Waals surface area contributed by atoms with Crippen molar-refractivity contribution in [3.8, 4) is 11.8 Å². The quantitative estimate of drug-likeness (QED) is 0.729. The van der Waals surface area contributed by atoms with E-state index in [9.17, 15) is 9.18 Å². The van der Waals surface area contributed by atoms with Crippen LogP contribution < -0.4 is 5.32 Å². The highest BCUT2D eigenvalue weighted by molar-refractivity contribution is 5.94. The topological polar surface area (TPSA) is 49.3 Å². The van der Waals surface area contributed by atoms with E-state index in [-0.39, 0.29) is 23.6 Å². The fourth-order valence-electron chi connectivity index (χ4n) is 1.12. The summed E-state index contributed by atoms with van der Waals surface area (Å²) in [6.45, 7) is -0.0507. The third-order valence-electron chi connectivity index (χ3n) is 1.92. The summed E-state index contributed by atoms with van der Waals surface area (Å²) < 4.78 is 13.4. The molecule has 0 fully saturated rings. The number of benzene rings is 1. The number of hydrogen-bond donors (Lipinski definition) is 2. The maximum absolute atomic E-state index is 13.4. The average molecular weight is 221 g/mol. The Morgan fingerprint density at radius 2 is 2.31 bits per heavy atom. The Hall–Kier alpha value is -1.86. The van der Waals surface area contributed by atoms with Crippen molar-refractivity contribution in [2.24, 2.45) is 0 Å². The van der Waals surface area contributed by atoms with E-state index in [1.54, 1.807) is 0 Å². The van der Waals surface area contributed by atoms with E-state index in [0.29, 0.717) is 6.42 Å². The van der Waals surface area contributed by atoms with Crippen molar-refractivity contribution in [3.05, 3.63) is 35.1 Å². The second-order valence-electron chi connectivity index (χ2n) is 3.05. The number of halogens is 1. The lowest BCUT2D eigenvalue weighted by molar-refractivity contribution is 0.0962. The molecule has 0 aromatic heterocycles. The van der Waals surface area contributed by atoms with Crippen molar-refractivity contribution in [1.29, 1.82) is 0 Å². The van der Waals surface area contributed by atoms with Gasteiger partial charge in [-0.3, -0.25) is 4.79 Å². The lowest BCUT2D eigenvalue weighted by Crippen LogP contribution is -2.17. The number of aliphatic hydroxyl groups excluding tert-OH is 1. The first-order chi connectivity index (χ1) is 7.69. The van der Waals surface area contributed by atoms with Crippen molar-refractivity contribution in [3.63, 3.8) is 0 Å². The van der Waals surface area contributed by atoms with Crippen LogP contribution in [0, 0.1) is 17.7 Å². The van der Waals surface area contributed by atoms with Crippen LogP contribution in [0.5, 0.6) is 0 Å². The molecule has 0 saturated carbocycles. The molecule has 3 nitrogen and oxygen atoms in total. The van der Waals surface area contributed by atoms with Crippen LogP contribution in [0.15, 0.2) is 18.2 Å². The molecular formula is C12H12FNO2. The Morgan fingerprint density at radius 3 is 2.88 bits per heavy atom. The molecule has 0 aliphatic rings. The Bertz CT molecular complexity index is 446. The zero-order chi connectivity index (χ0) is 12.0. The maximum Gasteiger partial charge on any atom is 0.251 e. The molecule has 1 aromatic carbocycles. The van der Waals surface area contributed by atoms with Gasteiger partial charge >= 0.3 is 0 Å². The number of aliphatic hydroxyl groups is 1. The molecular weight excluding hydrogens is 209 g/mol. The van der Waals surface area contributed by atoms with Crippen LogP contribution in [-0.4, -0.2) is 24.7 Å². The van der Waals surface area contributed by atoms with E-state index in [2.05, 4.69) is 17.2 Å². The van der Waals surface area contributed by atoms with Crippen molar-refractivity contribution in [1.82, 2.24) is 5.32 Å². The van der Waals surface area contributed by atoms with Gasteiger partial charge in [0, 0.05) is 19.0 Å². The van der Waals surface area contributed by atoms with Crippen molar-refractivity contribution in [2.45, 2.75) is 6.42 Å². The number of nitrogens with one attached hydrogen (secondary N) is 1. The summed E-state index contributed by atoms with van der Waals surface area (Å²) in [5, 5.41) is 10.9. The third-order valence-corrected chi connectivity index (χ3v) is 1.92. The van der Waals surface area contributed by atoms with Gasteiger partial charge in [0.1, 0.15) is 5.82 Å². The van der Waals surface area contributed by atoms with Gasteiger partial charge in [0.15, 0.2) is 0 Å². The first kappa shape index (κ1) is 12.2. The third kappa shape index (κ3) is 3.07. The highest BCUT2D eigenvalue weighted by atomic mass is 19.1. The summed E-state index contributed by atoms with van der Waals surface area (Å²) in [7, 11) is 1.48. The molecule has 0 aliphatic heterocycles. The highest BCUT2D eigenvalue weighted by Crippen LogP contribution is 2.09. The summed E-state index contributed by atoms with van der Waals surface area (Å²) in [6.07, 6.45) is 0.302. The van der Waals surface area contributed by atoms with Crippen LogP contribution in [0.4, 0.5) is 4.39 Å². The van der Waals surface area contributed by atoms with Crippen LogP contribution in [0.3, 0.4) is 0 Å². The SMILES string of the molecule is CNC(=O)c1ccc(C#CCCO)c(F)c1. The highest BCUT2D eigenvalue weighted by Gasteiger charge is 2.06. The molecule has 0 unspecified atom stereocenters. The summed E-state index contributed by atoms with van der Waals surface area (Å²) in [6, 6.07) is 4.09. The zero-order valence-electron chi connectivity index (χ0n) is 8.88. The molecule has 84 valence electrons. The Morgan fingerprint density at radius 1 is 1.56 bits per heavy atom. The van der Waals surface area contributed by atoms with Crippen molar-refractivity contribution < 1.29 is 14.3 Å². The van der Waals surface area contributed by atoms with Crippen LogP contribution >= 0.6 is 0 Å². The molecule has 1 aromatic rings. The first-order valence-electron chi connectivity index (χ1n) is 4.80. The molecule has 0 heterocycles. The summed E-state index contributed by atoms with van der Waals surface area (Å²) in [5.74, 6) is 4.32. The summed E-state index contributed by atoms with van der Waals surface area (Å²) in [4.78, 5) is 11.2. The van der Waals surface area contributed by atoms with Gasteiger partial charge < -0.3 is 10.4 Å².